The number of hydrazine groups is 1. The molecule has 0 bridgehead atoms. The summed E-state index contributed by atoms with van der Waals surface area (Å²) in [7, 11) is 0. The lowest BCUT2D eigenvalue weighted by atomic mass is 9.95. The SMILES string of the molecule is Cc1c(NN)nc(C(C)(C)C)nc1Nc1ccc(Br)cc1. The van der Waals surface area contributed by atoms with Crippen molar-refractivity contribution in [1.82, 2.24) is 9.97 Å². The van der Waals surface area contributed by atoms with Crippen LogP contribution in [0, 0.1) is 6.92 Å². The molecule has 0 aliphatic carbocycles. The number of nitrogen functional groups attached to an aromatic ring is 1. The van der Waals surface area contributed by atoms with E-state index >= 15 is 0 Å². The maximum atomic E-state index is 5.57. The summed E-state index contributed by atoms with van der Waals surface area (Å²) < 4.78 is 1.03. The van der Waals surface area contributed by atoms with Crippen molar-refractivity contribution in [2.75, 3.05) is 10.7 Å². The summed E-state index contributed by atoms with van der Waals surface area (Å²) in [6.07, 6.45) is 0. The second kappa shape index (κ2) is 5.99. The van der Waals surface area contributed by atoms with E-state index in [-0.39, 0.29) is 5.41 Å². The maximum absolute atomic E-state index is 5.57. The van der Waals surface area contributed by atoms with Crippen molar-refractivity contribution in [2.24, 2.45) is 5.84 Å². The van der Waals surface area contributed by atoms with Crippen molar-refractivity contribution in [3.05, 3.63) is 40.1 Å². The van der Waals surface area contributed by atoms with Crippen molar-refractivity contribution in [1.29, 1.82) is 0 Å². The van der Waals surface area contributed by atoms with E-state index in [0.717, 1.165) is 27.4 Å². The zero-order valence-corrected chi connectivity index (χ0v) is 14.2. The van der Waals surface area contributed by atoms with Crippen LogP contribution in [-0.4, -0.2) is 9.97 Å². The van der Waals surface area contributed by atoms with E-state index in [2.05, 4.69) is 57.4 Å². The number of anilines is 3. The minimum Gasteiger partial charge on any atom is -0.340 e. The molecule has 1 heterocycles. The summed E-state index contributed by atoms with van der Waals surface area (Å²) in [5.41, 5.74) is 4.33. The van der Waals surface area contributed by atoms with Crippen molar-refractivity contribution >= 4 is 33.3 Å². The van der Waals surface area contributed by atoms with Gasteiger partial charge in [-0.2, -0.15) is 0 Å². The van der Waals surface area contributed by atoms with Crippen LogP contribution < -0.4 is 16.6 Å². The molecule has 5 nitrogen and oxygen atoms in total. The predicted octanol–water partition coefficient (Wildman–Crippen LogP) is 3.87. The molecule has 0 spiro atoms. The monoisotopic (exact) mass is 349 g/mol. The molecule has 0 fully saturated rings. The van der Waals surface area contributed by atoms with E-state index < -0.39 is 0 Å². The molecule has 2 rings (SSSR count). The number of rotatable bonds is 3. The lowest BCUT2D eigenvalue weighted by Crippen LogP contribution is -2.20. The van der Waals surface area contributed by atoms with Gasteiger partial charge in [-0.05, 0) is 31.2 Å². The Morgan fingerprint density at radius 1 is 1.05 bits per heavy atom. The average molecular weight is 350 g/mol. The van der Waals surface area contributed by atoms with Gasteiger partial charge in [0.2, 0.25) is 0 Å². The highest BCUT2D eigenvalue weighted by atomic mass is 79.9. The Morgan fingerprint density at radius 3 is 2.14 bits per heavy atom. The largest absolute Gasteiger partial charge is 0.340 e. The first-order valence-corrected chi connectivity index (χ1v) is 7.49. The van der Waals surface area contributed by atoms with Crippen LogP contribution in [0.5, 0.6) is 0 Å². The van der Waals surface area contributed by atoms with E-state index in [0.29, 0.717) is 5.82 Å². The van der Waals surface area contributed by atoms with Gasteiger partial charge in [-0.25, -0.2) is 15.8 Å². The van der Waals surface area contributed by atoms with Crippen LogP contribution >= 0.6 is 15.9 Å². The van der Waals surface area contributed by atoms with E-state index in [9.17, 15) is 0 Å². The smallest absolute Gasteiger partial charge is 0.148 e. The van der Waals surface area contributed by atoms with Gasteiger partial charge in [-0.3, -0.25) is 0 Å². The number of hydrogen-bond donors (Lipinski definition) is 3. The van der Waals surface area contributed by atoms with Gasteiger partial charge in [0.1, 0.15) is 17.5 Å². The minimum absolute atomic E-state index is 0.157. The van der Waals surface area contributed by atoms with Gasteiger partial charge in [0.05, 0.1) is 0 Å². The van der Waals surface area contributed by atoms with Crippen molar-refractivity contribution in [2.45, 2.75) is 33.1 Å². The fraction of sp³-hybridized carbons (Fsp3) is 0.333. The fourth-order valence-electron chi connectivity index (χ4n) is 1.78. The molecule has 0 aliphatic heterocycles. The van der Waals surface area contributed by atoms with Gasteiger partial charge in [0.25, 0.3) is 0 Å². The molecule has 112 valence electrons. The number of nitrogens with one attached hydrogen (secondary N) is 2. The Labute approximate surface area is 133 Å². The summed E-state index contributed by atoms with van der Waals surface area (Å²) in [6.45, 7) is 8.15. The van der Waals surface area contributed by atoms with E-state index in [1.165, 1.54) is 0 Å². The molecule has 0 unspecified atom stereocenters. The number of nitrogens with two attached hydrogens (primary N) is 1. The number of halogens is 1. The molecule has 2 aromatic rings. The van der Waals surface area contributed by atoms with Gasteiger partial charge in [0.15, 0.2) is 0 Å². The topological polar surface area (TPSA) is 75.9 Å². The highest BCUT2D eigenvalue weighted by molar-refractivity contribution is 9.10. The van der Waals surface area contributed by atoms with Crippen LogP contribution in [0.4, 0.5) is 17.3 Å². The molecule has 0 aliphatic rings. The Kier molecular flexibility index (Phi) is 4.49. The lowest BCUT2D eigenvalue weighted by molar-refractivity contribution is 0.546. The van der Waals surface area contributed by atoms with Gasteiger partial charge >= 0.3 is 0 Å². The first-order valence-electron chi connectivity index (χ1n) is 6.69. The number of nitrogens with zero attached hydrogens (tertiary/aromatic N) is 2. The van der Waals surface area contributed by atoms with Gasteiger partial charge in [0, 0.05) is 21.1 Å². The zero-order valence-electron chi connectivity index (χ0n) is 12.7. The molecule has 0 saturated heterocycles. The van der Waals surface area contributed by atoms with Crippen LogP contribution in [-0.2, 0) is 5.41 Å². The van der Waals surface area contributed by atoms with Crippen LogP contribution in [0.2, 0.25) is 0 Å². The minimum atomic E-state index is -0.157. The molecule has 4 N–H and O–H groups in total. The van der Waals surface area contributed by atoms with E-state index in [1.54, 1.807) is 0 Å². The average Bonchev–Trinajstić information content (AvgIpc) is 2.42. The van der Waals surface area contributed by atoms with Crippen LogP contribution in [0.25, 0.3) is 0 Å². The Bertz CT molecular complexity index is 632. The van der Waals surface area contributed by atoms with Crippen molar-refractivity contribution in [3.63, 3.8) is 0 Å². The van der Waals surface area contributed by atoms with E-state index in [1.807, 2.05) is 31.2 Å². The molecule has 0 saturated carbocycles. The normalized spacial score (nSPS) is 11.3. The van der Waals surface area contributed by atoms with Crippen molar-refractivity contribution < 1.29 is 0 Å². The van der Waals surface area contributed by atoms with Crippen LogP contribution in [0.3, 0.4) is 0 Å². The molecule has 21 heavy (non-hydrogen) atoms. The molecular formula is C15H20BrN5. The molecule has 1 aromatic carbocycles. The van der Waals surface area contributed by atoms with Gasteiger partial charge in [-0.1, -0.05) is 36.7 Å². The third-order valence-corrected chi connectivity index (χ3v) is 3.59. The molecule has 1 aromatic heterocycles. The second-order valence-electron chi connectivity index (χ2n) is 5.90. The first-order chi connectivity index (χ1) is 9.81. The maximum Gasteiger partial charge on any atom is 0.148 e. The molecule has 6 heteroatoms. The standard InChI is InChI=1S/C15H20BrN5/c1-9-12(18-11-7-5-10(16)6-8-11)19-14(15(2,3)4)20-13(9)21-17/h5-8H,17H2,1-4H3,(H2,18,19,20,21). The van der Waals surface area contributed by atoms with Crippen LogP contribution in [0.1, 0.15) is 32.2 Å². The highest BCUT2D eigenvalue weighted by Crippen LogP contribution is 2.28. The van der Waals surface area contributed by atoms with Crippen molar-refractivity contribution in [3.8, 4) is 0 Å². The van der Waals surface area contributed by atoms with Gasteiger partial charge < -0.3 is 10.7 Å². The summed E-state index contributed by atoms with van der Waals surface area (Å²) >= 11 is 3.43. The Hall–Kier alpha value is -1.66. The van der Waals surface area contributed by atoms with Gasteiger partial charge in [-0.15, -0.1) is 0 Å². The molecule has 0 amide bonds. The predicted molar refractivity (Wildman–Crippen MR) is 90.7 cm³/mol. The summed E-state index contributed by atoms with van der Waals surface area (Å²) in [5, 5.41) is 3.32. The summed E-state index contributed by atoms with van der Waals surface area (Å²) in [6, 6.07) is 7.92. The quantitative estimate of drug-likeness (QED) is 0.579. The zero-order chi connectivity index (χ0) is 15.6. The van der Waals surface area contributed by atoms with E-state index in [4.69, 9.17) is 5.84 Å². The number of hydrogen-bond acceptors (Lipinski definition) is 5. The third kappa shape index (κ3) is 3.71. The summed E-state index contributed by atoms with van der Waals surface area (Å²) in [4.78, 5) is 9.12. The van der Waals surface area contributed by atoms with Crippen LogP contribution in [0.15, 0.2) is 28.7 Å². The number of aromatic nitrogens is 2. The Balaban J connectivity index is 2.44. The number of benzene rings is 1. The first kappa shape index (κ1) is 15.7. The fourth-order valence-corrected chi connectivity index (χ4v) is 2.05. The third-order valence-electron chi connectivity index (χ3n) is 3.06. The summed E-state index contributed by atoms with van der Waals surface area (Å²) in [5.74, 6) is 7.70. The molecule has 0 radical (unpaired) electrons. The Morgan fingerprint density at radius 2 is 1.62 bits per heavy atom. The second-order valence-corrected chi connectivity index (χ2v) is 6.81. The molecule has 0 atom stereocenters. The lowest BCUT2D eigenvalue weighted by Gasteiger charge is -2.20. The molecular weight excluding hydrogens is 330 g/mol. The highest BCUT2D eigenvalue weighted by Gasteiger charge is 2.21.